The number of hydrogen-bond donors (Lipinski definition) is 2. The summed E-state index contributed by atoms with van der Waals surface area (Å²) in [5, 5.41) is 12.3. The number of carboxylic acids is 1. The van der Waals surface area contributed by atoms with Crippen LogP contribution >= 0.6 is 11.6 Å². The largest absolute Gasteiger partial charge is 0.478 e. The van der Waals surface area contributed by atoms with E-state index in [0.717, 1.165) is 19.4 Å². The van der Waals surface area contributed by atoms with Gasteiger partial charge in [0.1, 0.15) is 0 Å². The molecule has 112 valence electrons. The fourth-order valence-electron chi connectivity index (χ4n) is 2.36. The Morgan fingerprint density at radius 3 is 2.57 bits per heavy atom. The summed E-state index contributed by atoms with van der Waals surface area (Å²) in [5.74, 6) is -0.475. The molecule has 3 rings (SSSR count). The Bertz CT molecular complexity index is 582. The van der Waals surface area contributed by atoms with Crippen molar-refractivity contribution >= 4 is 29.3 Å². The number of urea groups is 1. The summed E-state index contributed by atoms with van der Waals surface area (Å²) in [6, 6.07) is 4.46. The molecule has 2 aliphatic carbocycles. The number of hydrogen-bond acceptors (Lipinski definition) is 2. The molecule has 0 unspecified atom stereocenters. The molecule has 2 amide bonds. The number of nitrogens with zero attached hydrogens (tertiary/aromatic N) is 1. The van der Waals surface area contributed by atoms with Crippen LogP contribution in [0.5, 0.6) is 0 Å². The van der Waals surface area contributed by atoms with E-state index >= 15 is 0 Å². The second-order valence-corrected chi connectivity index (χ2v) is 6.19. The lowest BCUT2D eigenvalue weighted by atomic mass is 10.2. The minimum atomic E-state index is -1.08. The first-order chi connectivity index (χ1) is 10.0. The molecule has 0 atom stereocenters. The minimum absolute atomic E-state index is 0.0509. The van der Waals surface area contributed by atoms with Gasteiger partial charge in [0.15, 0.2) is 0 Å². The molecule has 0 spiro atoms. The maximum Gasteiger partial charge on any atom is 0.337 e. The fraction of sp³-hybridized carbons (Fsp3) is 0.467. The predicted octanol–water partition coefficient (Wildman–Crippen LogP) is 3.44. The highest BCUT2D eigenvalue weighted by molar-refractivity contribution is 6.31. The molecule has 2 saturated carbocycles. The van der Waals surface area contributed by atoms with Gasteiger partial charge in [0, 0.05) is 17.6 Å². The van der Waals surface area contributed by atoms with Gasteiger partial charge in [-0.05, 0) is 49.8 Å². The van der Waals surface area contributed by atoms with E-state index in [0.29, 0.717) is 17.0 Å². The molecular weight excluding hydrogens is 292 g/mol. The van der Waals surface area contributed by atoms with Crippen LogP contribution in [0.4, 0.5) is 10.5 Å². The molecule has 1 aromatic rings. The summed E-state index contributed by atoms with van der Waals surface area (Å²) in [5.41, 5.74) is 0.302. The maximum absolute atomic E-state index is 12.4. The van der Waals surface area contributed by atoms with Crippen molar-refractivity contribution in [3.63, 3.8) is 0 Å². The zero-order valence-electron chi connectivity index (χ0n) is 11.5. The van der Waals surface area contributed by atoms with Crippen LogP contribution in [-0.2, 0) is 0 Å². The van der Waals surface area contributed by atoms with Crippen molar-refractivity contribution < 1.29 is 14.7 Å². The average molecular weight is 309 g/mol. The number of amides is 2. The summed E-state index contributed by atoms with van der Waals surface area (Å²) in [6.45, 7) is 0.763. The molecule has 2 aliphatic rings. The molecule has 0 aliphatic heterocycles. The van der Waals surface area contributed by atoms with Crippen molar-refractivity contribution in [1.29, 1.82) is 0 Å². The molecule has 21 heavy (non-hydrogen) atoms. The normalized spacial score (nSPS) is 17.4. The van der Waals surface area contributed by atoms with Gasteiger partial charge >= 0.3 is 12.0 Å². The monoisotopic (exact) mass is 308 g/mol. The van der Waals surface area contributed by atoms with Crippen LogP contribution in [-0.4, -0.2) is 34.6 Å². The van der Waals surface area contributed by atoms with Crippen LogP contribution in [0.2, 0.25) is 5.02 Å². The standard InChI is InChI=1S/C15H17ClN2O3/c16-10-3-6-12(14(19)20)13(7-10)17-15(21)18(11-4-5-11)8-9-1-2-9/h3,6-7,9,11H,1-2,4-5,8H2,(H,17,21)(H,19,20). The number of carbonyl (C=O) groups excluding carboxylic acids is 1. The molecule has 0 heterocycles. The summed E-state index contributed by atoms with van der Waals surface area (Å²) in [7, 11) is 0. The number of nitrogens with one attached hydrogen (secondary N) is 1. The van der Waals surface area contributed by atoms with E-state index in [-0.39, 0.29) is 17.3 Å². The number of carbonyl (C=O) groups is 2. The third kappa shape index (κ3) is 3.47. The molecule has 0 bridgehead atoms. The van der Waals surface area contributed by atoms with Crippen LogP contribution in [0.15, 0.2) is 18.2 Å². The molecule has 2 N–H and O–H groups in total. The number of anilines is 1. The Hall–Kier alpha value is -1.75. The van der Waals surface area contributed by atoms with E-state index in [1.54, 1.807) is 0 Å². The lowest BCUT2D eigenvalue weighted by molar-refractivity contribution is 0.0698. The Kier molecular flexibility index (Phi) is 3.76. The zero-order valence-corrected chi connectivity index (χ0v) is 12.3. The topological polar surface area (TPSA) is 69.6 Å². The first-order valence-electron chi connectivity index (χ1n) is 7.15. The van der Waals surface area contributed by atoms with E-state index in [1.807, 2.05) is 4.90 Å². The molecule has 0 aromatic heterocycles. The van der Waals surface area contributed by atoms with Gasteiger partial charge in [0.2, 0.25) is 0 Å². The second kappa shape index (κ2) is 5.56. The quantitative estimate of drug-likeness (QED) is 0.875. The van der Waals surface area contributed by atoms with Gasteiger partial charge in [0.25, 0.3) is 0 Å². The maximum atomic E-state index is 12.4. The number of rotatable bonds is 5. The lowest BCUT2D eigenvalue weighted by Crippen LogP contribution is -2.38. The SMILES string of the molecule is O=C(O)c1ccc(Cl)cc1NC(=O)N(CC1CC1)C1CC1. The van der Waals surface area contributed by atoms with Crippen molar-refractivity contribution in [2.45, 2.75) is 31.7 Å². The lowest BCUT2D eigenvalue weighted by Gasteiger charge is -2.23. The molecule has 5 nitrogen and oxygen atoms in total. The van der Waals surface area contributed by atoms with Crippen molar-refractivity contribution in [2.24, 2.45) is 5.92 Å². The highest BCUT2D eigenvalue weighted by atomic mass is 35.5. The summed E-state index contributed by atoms with van der Waals surface area (Å²) < 4.78 is 0. The van der Waals surface area contributed by atoms with Crippen molar-refractivity contribution in [3.05, 3.63) is 28.8 Å². The van der Waals surface area contributed by atoms with E-state index in [2.05, 4.69) is 5.32 Å². The third-order valence-corrected chi connectivity index (χ3v) is 4.09. The number of carboxylic acid groups (broad SMARTS) is 1. The van der Waals surface area contributed by atoms with Crippen molar-refractivity contribution in [2.75, 3.05) is 11.9 Å². The Morgan fingerprint density at radius 1 is 1.29 bits per heavy atom. The first-order valence-corrected chi connectivity index (χ1v) is 7.53. The van der Waals surface area contributed by atoms with Gasteiger partial charge in [0.05, 0.1) is 11.3 Å². The van der Waals surface area contributed by atoms with Gasteiger partial charge in [-0.15, -0.1) is 0 Å². The molecule has 1 aromatic carbocycles. The number of aromatic carboxylic acids is 1. The fourth-order valence-corrected chi connectivity index (χ4v) is 2.53. The van der Waals surface area contributed by atoms with Gasteiger partial charge in [-0.3, -0.25) is 0 Å². The Morgan fingerprint density at radius 2 is 2.00 bits per heavy atom. The van der Waals surface area contributed by atoms with Crippen molar-refractivity contribution in [3.8, 4) is 0 Å². The van der Waals surface area contributed by atoms with Crippen molar-refractivity contribution in [1.82, 2.24) is 4.90 Å². The second-order valence-electron chi connectivity index (χ2n) is 5.75. The molecule has 0 saturated heterocycles. The highest BCUT2D eigenvalue weighted by Gasteiger charge is 2.36. The molecule has 2 fully saturated rings. The molecule has 6 heteroatoms. The molecular formula is C15H17ClN2O3. The van der Waals surface area contributed by atoms with Crippen LogP contribution in [0, 0.1) is 5.92 Å². The minimum Gasteiger partial charge on any atom is -0.478 e. The van der Waals surface area contributed by atoms with Gasteiger partial charge in [-0.25, -0.2) is 9.59 Å². The smallest absolute Gasteiger partial charge is 0.337 e. The van der Waals surface area contributed by atoms with E-state index in [1.165, 1.54) is 31.0 Å². The Labute approximate surface area is 127 Å². The van der Waals surface area contributed by atoms with Gasteiger partial charge in [-0.2, -0.15) is 0 Å². The summed E-state index contributed by atoms with van der Waals surface area (Å²) in [6.07, 6.45) is 4.41. The average Bonchev–Trinajstić information content (AvgIpc) is 3.28. The van der Waals surface area contributed by atoms with Gasteiger partial charge < -0.3 is 15.3 Å². The first kappa shape index (κ1) is 14.2. The zero-order chi connectivity index (χ0) is 15.0. The van der Waals surface area contributed by atoms with Crippen LogP contribution < -0.4 is 5.32 Å². The highest BCUT2D eigenvalue weighted by Crippen LogP contribution is 2.35. The van der Waals surface area contributed by atoms with Crippen LogP contribution in [0.1, 0.15) is 36.0 Å². The van der Waals surface area contributed by atoms with E-state index in [9.17, 15) is 14.7 Å². The summed E-state index contributed by atoms with van der Waals surface area (Å²) in [4.78, 5) is 25.5. The van der Waals surface area contributed by atoms with Crippen LogP contribution in [0.25, 0.3) is 0 Å². The number of benzene rings is 1. The van der Waals surface area contributed by atoms with E-state index in [4.69, 9.17) is 11.6 Å². The number of halogens is 1. The third-order valence-electron chi connectivity index (χ3n) is 3.85. The van der Waals surface area contributed by atoms with Gasteiger partial charge in [-0.1, -0.05) is 11.6 Å². The summed E-state index contributed by atoms with van der Waals surface area (Å²) >= 11 is 5.90. The predicted molar refractivity (Wildman–Crippen MR) is 79.9 cm³/mol. The van der Waals surface area contributed by atoms with E-state index < -0.39 is 5.97 Å². The van der Waals surface area contributed by atoms with Crippen LogP contribution in [0.3, 0.4) is 0 Å². The molecule has 0 radical (unpaired) electrons. The Balaban J connectivity index is 1.76.